The molecule has 1 saturated heterocycles. The lowest BCUT2D eigenvalue weighted by Gasteiger charge is -2.71. The number of ether oxygens (including phenoxy) is 3. The molecule has 5 aliphatic carbocycles. The summed E-state index contributed by atoms with van der Waals surface area (Å²) in [5.74, 6) is -1.16. The first kappa shape index (κ1) is 53.1. The number of hydrazine groups is 1. The van der Waals surface area contributed by atoms with Crippen molar-refractivity contribution in [2.45, 2.75) is 170 Å². The van der Waals surface area contributed by atoms with Crippen LogP contribution in [-0.2, 0) is 23.8 Å². The summed E-state index contributed by atoms with van der Waals surface area (Å²) in [6.07, 6.45) is 1.72. The van der Waals surface area contributed by atoms with Crippen LogP contribution in [0.1, 0.15) is 133 Å². The number of carbonyl (C=O) groups is 2. The third-order valence-electron chi connectivity index (χ3n) is 18.6. The van der Waals surface area contributed by atoms with Gasteiger partial charge in [0.2, 0.25) is 17.3 Å². The van der Waals surface area contributed by atoms with E-state index in [4.69, 9.17) is 19.0 Å². The molecule has 5 N–H and O–H groups in total. The van der Waals surface area contributed by atoms with Gasteiger partial charge in [0, 0.05) is 18.0 Å². The van der Waals surface area contributed by atoms with Gasteiger partial charge in [-0.15, -0.1) is 5.01 Å². The number of carbonyl (C=O) groups excluding carboxylic acids is 2. The zero-order valence-electron chi connectivity index (χ0n) is 42.1. The fourth-order valence-corrected chi connectivity index (χ4v) is 14.4. The smallest absolute Gasteiger partial charge is 0.321 e. The molecule has 13 atom stereocenters. The van der Waals surface area contributed by atoms with Crippen LogP contribution >= 0.6 is 0 Å². The lowest BCUT2D eigenvalue weighted by molar-refractivity contribution is -0.706. The number of benzene rings is 1. The van der Waals surface area contributed by atoms with E-state index in [1.165, 1.54) is 10.6 Å². The number of nitrogens with zero attached hydrogens (tertiary/aromatic N) is 5. The molecule has 0 unspecified atom stereocenters. The molecule has 21 heteroatoms. The number of aliphatic hydroxyl groups excluding tert-OH is 4. The number of hydrogen-bond donors (Lipinski definition) is 5. The predicted octanol–water partition coefficient (Wildman–Crippen LogP) is 6.87. The largest absolute Gasteiger partial charge is 0.569 e. The molecule has 6 aliphatic rings. The van der Waals surface area contributed by atoms with Gasteiger partial charge in [-0.2, -0.15) is 0 Å². The van der Waals surface area contributed by atoms with Crippen molar-refractivity contribution in [3.63, 3.8) is 0 Å². The van der Waals surface area contributed by atoms with Crippen LogP contribution in [0.2, 0.25) is 0 Å². The molecule has 1 heterocycles. The van der Waals surface area contributed by atoms with Gasteiger partial charge in [0.1, 0.15) is 42.3 Å². The number of rotatable bonds is 15. The maximum atomic E-state index is 14.7. The Bertz CT molecular complexity index is 2250. The summed E-state index contributed by atoms with van der Waals surface area (Å²) in [4.78, 5) is 55.7. The van der Waals surface area contributed by atoms with E-state index in [1.54, 1.807) is 13.8 Å². The summed E-state index contributed by atoms with van der Waals surface area (Å²) in [5.41, 5.74) is -2.16. The van der Waals surface area contributed by atoms with E-state index in [0.717, 1.165) is 51.0 Å². The Morgan fingerprint density at radius 2 is 1.53 bits per heavy atom. The van der Waals surface area contributed by atoms with Gasteiger partial charge in [-0.25, -0.2) is 0 Å². The lowest BCUT2D eigenvalue weighted by Crippen LogP contribution is -2.65. The SMILES string of the molecule is CCN(CC)/[N+]([O-])=N\Oc1cc(NCCC(=O)O[C@H]2CC[C@]3(C)[C@H]4CC=C5[C@@H]6CC(C)(C)CC[C@]6(C(=O)O[C@@H]6O[C@H](CO)[C@H](O)[C@H](O)[C@H]6O)CC[C@@]5(C)[C@]4(C)CC[C@H]3C2(C)C)c([N+](=O)[O-])cc1[N+](=O)[O-]. The Balaban J connectivity index is 1.06. The Labute approximate surface area is 408 Å². The van der Waals surface area contributed by atoms with Crippen LogP contribution < -0.4 is 10.2 Å². The molecule has 0 spiro atoms. The molecule has 4 saturated carbocycles. The van der Waals surface area contributed by atoms with Gasteiger partial charge < -0.3 is 45.2 Å². The number of allylic oxidation sites excluding steroid dienone is 2. The number of esters is 2. The van der Waals surface area contributed by atoms with Crippen LogP contribution in [0, 0.1) is 75.7 Å². The second-order valence-corrected chi connectivity index (χ2v) is 22.9. The number of fused-ring (bicyclic) bond motifs is 7. The highest BCUT2D eigenvalue weighted by Crippen LogP contribution is 2.76. The molecule has 0 radical (unpaired) electrons. The Kier molecular flexibility index (Phi) is 14.7. The van der Waals surface area contributed by atoms with Crippen molar-refractivity contribution < 1.29 is 63.9 Å². The molecule has 390 valence electrons. The zero-order valence-corrected chi connectivity index (χ0v) is 42.1. The van der Waals surface area contributed by atoms with E-state index in [1.807, 2.05) is 0 Å². The quantitative estimate of drug-likeness (QED) is 0.0299. The fraction of sp³-hybridized carbons (Fsp3) is 0.796. The van der Waals surface area contributed by atoms with Crippen LogP contribution in [0.4, 0.5) is 17.1 Å². The van der Waals surface area contributed by atoms with E-state index in [0.29, 0.717) is 25.3 Å². The summed E-state index contributed by atoms with van der Waals surface area (Å²) in [6.45, 7) is 19.3. The standard InChI is InChI=1S/C49H74N6O15/c1-10-52(11-2)55(66)51-70-33-24-30(31(53(62)63)25-32(33)54(64)65)50-23-16-38(57)68-37-15-17-46(7)35(45(37,5)6)14-18-48(9)36(46)13-12-28-29-26-44(3,4)19-21-49(29,22-20-47(28,48)8)43(61)69-42-41(60)40(59)39(58)34(27-56)67-42/h12,24-25,29,34-37,39-42,50,56,58-60H,10-11,13-23,26-27H2,1-9H3/b55-51+/t29-,34+,35-,36+,37-,39-,40-,41+,42-,46-,47+,48+,49-/m0/s1. The molecule has 1 aromatic rings. The summed E-state index contributed by atoms with van der Waals surface area (Å²) < 4.78 is 17.9. The van der Waals surface area contributed by atoms with Gasteiger partial charge >= 0.3 is 17.6 Å². The van der Waals surface area contributed by atoms with Gasteiger partial charge in [-0.05, 0) is 117 Å². The van der Waals surface area contributed by atoms with Crippen molar-refractivity contribution in [2.75, 3.05) is 31.6 Å². The second kappa shape index (κ2) is 19.4. The molecule has 0 aromatic heterocycles. The summed E-state index contributed by atoms with van der Waals surface area (Å²) in [7, 11) is 0. The fourth-order valence-electron chi connectivity index (χ4n) is 14.4. The van der Waals surface area contributed by atoms with Crippen LogP contribution in [0.25, 0.3) is 0 Å². The monoisotopic (exact) mass is 987 g/mol. The maximum Gasteiger partial charge on any atom is 0.321 e. The van der Waals surface area contributed by atoms with E-state index >= 15 is 0 Å². The number of nitro groups is 2. The number of nitrogens with one attached hydrogen (secondary N) is 1. The minimum absolute atomic E-state index is 0.0569. The summed E-state index contributed by atoms with van der Waals surface area (Å²) >= 11 is 0. The van der Waals surface area contributed by atoms with Crippen molar-refractivity contribution in [2.24, 2.45) is 55.5 Å². The van der Waals surface area contributed by atoms with Crippen molar-refractivity contribution in [3.05, 3.63) is 49.2 Å². The van der Waals surface area contributed by atoms with Gasteiger partial charge in [0.15, 0.2) is 0 Å². The number of anilines is 1. The molecule has 7 rings (SSSR count). The molecule has 1 aliphatic heterocycles. The second-order valence-electron chi connectivity index (χ2n) is 22.9. The van der Waals surface area contributed by atoms with Crippen molar-refractivity contribution in [1.82, 2.24) is 5.01 Å². The average Bonchev–Trinajstić information content (AvgIpc) is 3.29. The molecule has 0 bridgehead atoms. The Morgan fingerprint density at radius 1 is 0.857 bits per heavy atom. The first-order valence-electron chi connectivity index (χ1n) is 25.0. The normalized spacial score (nSPS) is 37.5. The Morgan fingerprint density at radius 3 is 2.17 bits per heavy atom. The molecule has 21 nitrogen and oxygen atoms in total. The highest BCUT2D eigenvalue weighted by molar-refractivity contribution is 5.79. The predicted molar refractivity (Wildman–Crippen MR) is 251 cm³/mol. The molecule has 5 fully saturated rings. The first-order chi connectivity index (χ1) is 32.7. The van der Waals surface area contributed by atoms with Crippen molar-refractivity contribution >= 4 is 29.0 Å². The van der Waals surface area contributed by atoms with Crippen LogP contribution in [0.15, 0.2) is 29.1 Å². The minimum Gasteiger partial charge on any atom is -0.569 e. The Hall–Kier alpha value is -4.70. The molecule has 70 heavy (non-hydrogen) atoms. The number of nitro benzene ring substituents is 2. The van der Waals surface area contributed by atoms with Crippen LogP contribution in [0.5, 0.6) is 5.75 Å². The number of aliphatic hydroxyl groups is 4. The highest BCUT2D eigenvalue weighted by atomic mass is 16.7. The van der Waals surface area contributed by atoms with E-state index in [9.17, 15) is 55.5 Å². The molecule has 0 amide bonds. The van der Waals surface area contributed by atoms with Gasteiger partial charge in [0.05, 0.1) is 46.3 Å². The topological polar surface area (TPSA) is 292 Å². The van der Waals surface area contributed by atoms with Crippen molar-refractivity contribution in [3.8, 4) is 5.75 Å². The summed E-state index contributed by atoms with van der Waals surface area (Å²) in [5, 5.41) is 85.2. The third-order valence-corrected chi connectivity index (χ3v) is 18.6. The zero-order chi connectivity index (χ0) is 51.5. The number of hydrogen-bond acceptors (Lipinski definition) is 17. The van der Waals surface area contributed by atoms with E-state index < -0.39 is 93.2 Å². The van der Waals surface area contributed by atoms with Crippen LogP contribution in [-0.4, -0.2) is 115 Å². The van der Waals surface area contributed by atoms with E-state index in [-0.39, 0.29) is 76.1 Å². The van der Waals surface area contributed by atoms with Crippen molar-refractivity contribution in [1.29, 1.82) is 0 Å². The molecular formula is C49H74N6O15. The average molecular weight is 987 g/mol. The van der Waals surface area contributed by atoms with Gasteiger partial charge in [0.25, 0.3) is 5.69 Å². The van der Waals surface area contributed by atoms with Crippen LogP contribution in [0.3, 0.4) is 0 Å². The van der Waals surface area contributed by atoms with Gasteiger partial charge in [-0.3, -0.25) is 34.7 Å². The van der Waals surface area contributed by atoms with Gasteiger partial charge in [-0.1, -0.05) is 60.1 Å². The minimum atomic E-state index is -1.69. The molecular weight excluding hydrogens is 913 g/mol. The first-order valence-corrected chi connectivity index (χ1v) is 25.0. The third kappa shape index (κ3) is 8.99. The maximum absolute atomic E-state index is 14.7. The lowest BCUT2D eigenvalue weighted by atomic mass is 9.33. The highest BCUT2D eigenvalue weighted by Gasteiger charge is 2.70. The summed E-state index contributed by atoms with van der Waals surface area (Å²) in [6, 6.07) is 1.72. The molecule has 1 aromatic carbocycles. The van der Waals surface area contributed by atoms with E-state index in [2.05, 4.69) is 65.1 Å².